The molecule has 0 unspecified atom stereocenters. The Kier molecular flexibility index (Phi) is 3.78. The van der Waals surface area contributed by atoms with Crippen molar-refractivity contribution in [1.29, 1.82) is 0 Å². The van der Waals surface area contributed by atoms with Crippen molar-refractivity contribution < 1.29 is 4.74 Å². The van der Waals surface area contributed by atoms with Gasteiger partial charge in [-0.2, -0.15) is 0 Å². The van der Waals surface area contributed by atoms with Gasteiger partial charge in [0, 0.05) is 19.0 Å². The Labute approximate surface area is 127 Å². The summed E-state index contributed by atoms with van der Waals surface area (Å²) in [5.41, 5.74) is 2.66. The standard InChI is InChI=1S/C14H13Cl2N3O/c1-17-13-8-7-20-6-5-11(8)18-14(19-13)12-9(15)3-2-4-10(12)16/h2-4H,5-7H2,1H3,(H,17,18,19). The Bertz CT molecular complexity index is 624. The lowest BCUT2D eigenvalue weighted by molar-refractivity contribution is 0.109. The fourth-order valence-corrected chi connectivity index (χ4v) is 2.83. The number of rotatable bonds is 2. The first-order valence-electron chi connectivity index (χ1n) is 6.30. The number of aromatic nitrogens is 2. The van der Waals surface area contributed by atoms with Crippen LogP contribution in [0.4, 0.5) is 5.82 Å². The molecule has 2 aromatic rings. The molecule has 0 aliphatic carbocycles. The van der Waals surface area contributed by atoms with Crippen LogP contribution in [-0.4, -0.2) is 23.6 Å². The molecule has 6 heteroatoms. The summed E-state index contributed by atoms with van der Waals surface area (Å²) in [5, 5.41) is 4.18. The van der Waals surface area contributed by atoms with Crippen molar-refractivity contribution >= 4 is 29.0 Å². The van der Waals surface area contributed by atoms with Crippen LogP contribution in [0.1, 0.15) is 11.3 Å². The van der Waals surface area contributed by atoms with Crippen LogP contribution in [0.25, 0.3) is 11.4 Å². The minimum atomic E-state index is 0.530. The lowest BCUT2D eigenvalue weighted by Crippen LogP contribution is -2.16. The van der Waals surface area contributed by atoms with E-state index in [1.165, 1.54) is 0 Å². The molecule has 0 atom stereocenters. The third-order valence-electron chi connectivity index (χ3n) is 3.25. The summed E-state index contributed by atoms with van der Waals surface area (Å²) in [7, 11) is 1.83. The van der Waals surface area contributed by atoms with Gasteiger partial charge in [0.25, 0.3) is 0 Å². The van der Waals surface area contributed by atoms with Gasteiger partial charge in [-0.3, -0.25) is 0 Å². The van der Waals surface area contributed by atoms with E-state index in [0.29, 0.717) is 34.6 Å². The average Bonchev–Trinajstić information content (AvgIpc) is 2.46. The highest BCUT2D eigenvalue weighted by Crippen LogP contribution is 2.34. The van der Waals surface area contributed by atoms with Gasteiger partial charge in [0.15, 0.2) is 5.82 Å². The zero-order chi connectivity index (χ0) is 14.1. The molecule has 1 aromatic carbocycles. The average molecular weight is 310 g/mol. The first-order valence-corrected chi connectivity index (χ1v) is 7.06. The Morgan fingerprint density at radius 2 is 1.95 bits per heavy atom. The topological polar surface area (TPSA) is 47.0 Å². The van der Waals surface area contributed by atoms with Crippen molar-refractivity contribution in [1.82, 2.24) is 9.97 Å². The molecule has 0 fully saturated rings. The summed E-state index contributed by atoms with van der Waals surface area (Å²) in [6, 6.07) is 5.38. The van der Waals surface area contributed by atoms with Crippen LogP contribution in [0, 0.1) is 0 Å². The molecule has 0 saturated heterocycles. The molecule has 104 valence electrons. The molecule has 20 heavy (non-hydrogen) atoms. The number of anilines is 1. The van der Waals surface area contributed by atoms with Gasteiger partial charge in [-0.1, -0.05) is 29.3 Å². The fourth-order valence-electron chi connectivity index (χ4n) is 2.26. The molecular weight excluding hydrogens is 297 g/mol. The minimum Gasteiger partial charge on any atom is -0.376 e. The van der Waals surface area contributed by atoms with Gasteiger partial charge in [-0.15, -0.1) is 0 Å². The largest absolute Gasteiger partial charge is 0.376 e. The van der Waals surface area contributed by atoms with Crippen LogP contribution in [0.3, 0.4) is 0 Å². The number of hydrogen-bond donors (Lipinski definition) is 1. The molecule has 1 aliphatic rings. The van der Waals surface area contributed by atoms with Gasteiger partial charge in [-0.25, -0.2) is 9.97 Å². The lowest BCUT2D eigenvalue weighted by atomic mass is 10.1. The lowest BCUT2D eigenvalue weighted by Gasteiger charge is -2.19. The maximum Gasteiger partial charge on any atom is 0.164 e. The van der Waals surface area contributed by atoms with E-state index >= 15 is 0 Å². The minimum absolute atomic E-state index is 0.530. The highest BCUT2D eigenvalue weighted by molar-refractivity contribution is 6.38. The van der Waals surface area contributed by atoms with Gasteiger partial charge in [0.05, 0.1) is 34.5 Å². The van der Waals surface area contributed by atoms with Crippen molar-refractivity contribution in [2.75, 3.05) is 19.0 Å². The second kappa shape index (κ2) is 5.56. The molecule has 4 nitrogen and oxygen atoms in total. The van der Waals surface area contributed by atoms with Crippen molar-refractivity contribution in [3.8, 4) is 11.4 Å². The van der Waals surface area contributed by atoms with E-state index in [9.17, 15) is 0 Å². The predicted molar refractivity (Wildman–Crippen MR) is 80.4 cm³/mol. The summed E-state index contributed by atoms with van der Waals surface area (Å²) >= 11 is 12.5. The van der Waals surface area contributed by atoms with Crippen LogP contribution in [-0.2, 0) is 17.8 Å². The molecule has 0 spiro atoms. The number of ether oxygens (including phenoxy) is 1. The summed E-state index contributed by atoms with van der Waals surface area (Å²) in [4.78, 5) is 9.14. The maximum atomic E-state index is 6.23. The number of benzene rings is 1. The van der Waals surface area contributed by atoms with Gasteiger partial charge in [0.1, 0.15) is 5.82 Å². The molecule has 0 saturated carbocycles. The van der Waals surface area contributed by atoms with Crippen LogP contribution >= 0.6 is 23.2 Å². The van der Waals surface area contributed by atoms with Crippen LogP contribution < -0.4 is 5.32 Å². The van der Waals surface area contributed by atoms with Gasteiger partial charge in [-0.05, 0) is 12.1 Å². The van der Waals surface area contributed by atoms with E-state index in [4.69, 9.17) is 27.9 Å². The highest BCUT2D eigenvalue weighted by Gasteiger charge is 2.20. The number of nitrogens with zero attached hydrogens (tertiary/aromatic N) is 2. The molecule has 0 radical (unpaired) electrons. The van der Waals surface area contributed by atoms with Crippen molar-refractivity contribution in [3.05, 3.63) is 39.5 Å². The van der Waals surface area contributed by atoms with Crippen LogP contribution in [0.2, 0.25) is 10.0 Å². The first-order chi connectivity index (χ1) is 9.70. The molecular formula is C14H13Cl2N3O. The van der Waals surface area contributed by atoms with E-state index < -0.39 is 0 Å². The van der Waals surface area contributed by atoms with Crippen LogP contribution in [0.15, 0.2) is 18.2 Å². The Morgan fingerprint density at radius 1 is 1.20 bits per heavy atom. The number of fused-ring (bicyclic) bond motifs is 1. The Balaban J connectivity index is 2.20. The number of nitrogens with one attached hydrogen (secondary N) is 1. The second-order valence-electron chi connectivity index (χ2n) is 4.47. The quantitative estimate of drug-likeness (QED) is 0.921. The monoisotopic (exact) mass is 309 g/mol. The Hall–Kier alpha value is -1.36. The van der Waals surface area contributed by atoms with Gasteiger partial charge < -0.3 is 10.1 Å². The molecule has 1 aliphatic heterocycles. The van der Waals surface area contributed by atoms with Crippen molar-refractivity contribution in [2.24, 2.45) is 0 Å². The smallest absolute Gasteiger partial charge is 0.164 e. The molecule has 3 rings (SSSR count). The molecule has 1 N–H and O–H groups in total. The SMILES string of the molecule is CNc1nc(-c2c(Cl)cccc2Cl)nc2c1COCC2. The van der Waals surface area contributed by atoms with Crippen molar-refractivity contribution in [2.45, 2.75) is 13.0 Å². The zero-order valence-corrected chi connectivity index (χ0v) is 12.4. The fraction of sp³-hybridized carbons (Fsp3) is 0.286. The molecule has 0 bridgehead atoms. The van der Waals surface area contributed by atoms with E-state index in [2.05, 4.69) is 15.3 Å². The highest BCUT2D eigenvalue weighted by atomic mass is 35.5. The third kappa shape index (κ3) is 2.35. The summed E-state index contributed by atoms with van der Waals surface area (Å²) < 4.78 is 5.46. The van der Waals surface area contributed by atoms with Gasteiger partial charge in [0.2, 0.25) is 0 Å². The summed E-state index contributed by atoms with van der Waals surface area (Å²) in [6.45, 7) is 1.20. The summed E-state index contributed by atoms with van der Waals surface area (Å²) in [6.07, 6.45) is 0.765. The van der Waals surface area contributed by atoms with Crippen molar-refractivity contribution in [3.63, 3.8) is 0 Å². The predicted octanol–water partition coefficient (Wildman–Crippen LogP) is 3.56. The summed E-state index contributed by atoms with van der Waals surface area (Å²) in [5.74, 6) is 1.31. The Morgan fingerprint density at radius 3 is 2.65 bits per heavy atom. The molecule has 0 amide bonds. The third-order valence-corrected chi connectivity index (χ3v) is 3.88. The maximum absolute atomic E-state index is 6.23. The number of hydrogen-bond acceptors (Lipinski definition) is 4. The number of halogens is 2. The van der Waals surface area contributed by atoms with E-state index in [1.807, 2.05) is 7.05 Å². The molecule has 2 heterocycles. The van der Waals surface area contributed by atoms with E-state index in [0.717, 1.165) is 23.5 Å². The van der Waals surface area contributed by atoms with E-state index in [1.54, 1.807) is 18.2 Å². The van der Waals surface area contributed by atoms with E-state index in [-0.39, 0.29) is 0 Å². The van der Waals surface area contributed by atoms with Gasteiger partial charge >= 0.3 is 0 Å². The normalized spacial score (nSPS) is 13.9. The first kappa shape index (κ1) is 13.6. The second-order valence-corrected chi connectivity index (χ2v) is 5.28. The zero-order valence-electron chi connectivity index (χ0n) is 10.9. The molecule has 1 aromatic heterocycles. The van der Waals surface area contributed by atoms with Crippen LogP contribution in [0.5, 0.6) is 0 Å².